The summed E-state index contributed by atoms with van der Waals surface area (Å²) < 4.78 is 25.3. The van der Waals surface area contributed by atoms with E-state index in [1.165, 1.54) is 38.1 Å². The lowest BCUT2D eigenvalue weighted by Crippen LogP contribution is -2.53. The fraction of sp³-hybridized carbons (Fsp3) is 0.632. The van der Waals surface area contributed by atoms with Crippen LogP contribution in [0.1, 0.15) is 20.8 Å². The SMILES string of the molecule is CN(C)S(=O)(=O)c1ccc(SCC(=O)N2CCN(CC(=O)NC(C)(C)C)CC2)nc1. The number of sulfonamides is 1. The summed E-state index contributed by atoms with van der Waals surface area (Å²) in [5.74, 6) is 0.228. The number of nitrogens with one attached hydrogen (secondary N) is 1. The van der Waals surface area contributed by atoms with Crippen LogP contribution in [0.5, 0.6) is 0 Å². The van der Waals surface area contributed by atoms with Gasteiger partial charge in [0.1, 0.15) is 4.90 Å². The van der Waals surface area contributed by atoms with Crippen LogP contribution in [0.3, 0.4) is 0 Å². The van der Waals surface area contributed by atoms with Crippen LogP contribution in [0.15, 0.2) is 28.3 Å². The molecule has 1 aromatic rings. The van der Waals surface area contributed by atoms with Crippen LogP contribution in [0.2, 0.25) is 0 Å². The lowest BCUT2D eigenvalue weighted by atomic mass is 10.1. The first-order chi connectivity index (χ1) is 13.9. The molecule has 1 aliphatic rings. The Labute approximate surface area is 183 Å². The normalized spacial score (nSPS) is 16.0. The summed E-state index contributed by atoms with van der Waals surface area (Å²) >= 11 is 1.28. The van der Waals surface area contributed by atoms with Gasteiger partial charge in [-0.1, -0.05) is 11.8 Å². The molecule has 0 bridgehead atoms. The van der Waals surface area contributed by atoms with Gasteiger partial charge in [0.05, 0.1) is 17.3 Å². The van der Waals surface area contributed by atoms with Crippen molar-refractivity contribution in [2.24, 2.45) is 0 Å². The Morgan fingerprint density at radius 3 is 2.30 bits per heavy atom. The lowest BCUT2D eigenvalue weighted by Gasteiger charge is -2.34. The van der Waals surface area contributed by atoms with Gasteiger partial charge in [0, 0.05) is 52.0 Å². The standard InChI is InChI=1S/C19H31N5O4S2/c1-19(2,3)21-16(25)13-23-8-10-24(11-9-23)18(26)14-29-17-7-6-15(12-20-17)30(27,28)22(4)5/h6-7,12H,8-11,13-14H2,1-5H3,(H,21,25). The van der Waals surface area contributed by atoms with Crippen molar-refractivity contribution in [3.63, 3.8) is 0 Å². The average molecular weight is 458 g/mol. The highest BCUT2D eigenvalue weighted by molar-refractivity contribution is 7.99. The summed E-state index contributed by atoms with van der Waals surface area (Å²) in [5, 5.41) is 3.54. The molecule has 0 atom stereocenters. The van der Waals surface area contributed by atoms with Crippen LogP contribution < -0.4 is 5.32 Å². The maximum atomic E-state index is 12.5. The third-order valence-electron chi connectivity index (χ3n) is 4.44. The Kier molecular flexibility index (Phi) is 8.26. The minimum atomic E-state index is -3.51. The predicted octanol–water partition coefficient (Wildman–Crippen LogP) is 0.483. The van der Waals surface area contributed by atoms with Crippen molar-refractivity contribution in [2.45, 2.75) is 36.2 Å². The highest BCUT2D eigenvalue weighted by Crippen LogP contribution is 2.19. The van der Waals surface area contributed by atoms with Gasteiger partial charge in [-0.25, -0.2) is 17.7 Å². The molecule has 1 saturated heterocycles. The molecule has 0 radical (unpaired) electrons. The quantitative estimate of drug-likeness (QED) is 0.594. The van der Waals surface area contributed by atoms with E-state index in [0.29, 0.717) is 37.7 Å². The van der Waals surface area contributed by atoms with Crippen molar-refractivity contribution in [2.75, 3.05) is 52.6 Å². The largest absolute Gasteiger partial charge is 0.350 e. The molecule has 0 saturated carbocycles. The number of hydrogen-bond donors (Lipinski definition) is 1. The number of rotatable bonds is 7. The van der Waals surface area contributed by atoms with E-state index in [0.717, 1.165) is 4.31 Å². The molecule has 2 heterocycles. The predicted molar refractivity (Wildman–Crippen MR) is 117 cm³/mol. The molecule has 1 aromatic heterocycles. The zero-order valence-electron chi connectivity index (χ0n) is 18.2. The minimum Gasteiger partial charge on any atom is -0.350 e. The van der Waals surface area contributed by atoms with E-state index in [4.69, 9.17) is 0 Å². The number of hydrogen-bond acceptors (Lipinski definition) is 7. The molecule has 0 aromatic carbocycles. The Morgan fingerprint density at radius 1 is 1.17 bits per heavy atom. The fourth-order valence-electron chi connectivity index (χ4n) is 2.86. The third kappa shape index (κ3) is 7.22. The van der Waals surface area contributed by atoms with Crippen molar-refractivity contribution in [3.05, 3.63) is 18.3 Å². The van der Waals surface area contributed by atoms with E-state index >= 15 is 0 Å². The first kappa shape index (κ1) is 24.6. The second-order valence-corrected chi connectivity index (χ2v) is 11.5. The van der Waals surface area contributed by atoms with E-state index in [1.54, 1.807) is 11.0 Å². The summed E-state index contributed by atoms with van der Waals surface area (Å²) in [5.41, 5.74) is -0.255. The number of nitrogens with zero attached hydrogens (tertiary/aromatic N) is 4. The van der Waals surface area contributed by atoms with Crippen molar-refractivity contribution < 1.29 is 18.0 Å². The molecular formula is C19H31N5O4S2. The molecule has 2 amide bonds. The van der Waals surface area contributed by atoms with Gasteiger partial charge in [0.2, 0.25) is 21.8 Å². The smallest absolute Gasteiger partial charge is 0.244 e. The molecule has 9 nitrogen and oxygen atoms in total. The molecular weight excluding hydrogens is 426 g/mol. The van der Waals surface area contributed by atoms with Crippen LogP contribution in [-0.4, -0.2) is 97.4 Å². The number of aromatic nitrogens is 1. The third-order valence-corrected chi connectivity index (χ3v) is 7.17. The molecule has 30 heavy (non-hydrogen) atoms. The molecule has 1 N–H and O–H groups in total. The van der Waals surface area contributed by atoms with E-state index in [-0.39, 0.29) is 28.0 Å². The summed E-state index contributed by atoms with van der Waals surface area (Å²) in [4.78, 5) is 32.6. The van der Waals surface area contributed by atoms with Crippen LogP contribution >= 0.6 is 11.8 Å². The van der Waals surface area contributed by atoms with Gasteiger partial charge in [-0.05, 0) is 32.9 Å². The Bertz CT molecular complexity index is 843. The van der Waals surface area contributed by atoms with Gasteiger partial charge < -0.3 is 10.2 Å². The highest BCUT2D eigenvalue weighted by atomic mass is 32.2. The van der Waals surface area contributed by atoms with Crippen molar-refractivity contribution in [3.8, 4) is 0 Å². The van der Waals surface area contributed by atoms with E-state index < -0.39 is 10.0 Å². The van der Waals surface area contributed by atoms with E-state index in [1.807, 2.05) is 25.7 Å². The second-order valence-electron chi connectivity index (χ2n) is 8.36. The first-order valence-corrected chi connectivity index (χ1v) is 12.1. The van der Waals surface area contributed by atoms with Crippen LogP contribution in [0.4, 0.5) is 0 Å². The molecule has 11 heteroatoms. The Balaban J connectivity index is 1.78. The van der Waals surface area contributed by atoms with Crippen LogP contribution in [0.25, 0.3) is 0 Å². The lowest BCUT2D eigenvalue weighted by molar-refractivity contribution is -0.130. The van der Waals surface area contributed by atoms with Gasteiger partial charge in [-0.3, -0.25) is 14.5 Å². The van der Waals surface area contributed by atoms with Crippen molar-refractivity contribution in [1.82, 2.24) is 24.4 Å². The number of carbonyl (C=O) groups excluding carboxylic acids is 2. The van der Waals surface area contributed by atoms with E-state index in [9.17, 15) is 18.0 Å². The minimum absolute atomic E-state index is 0.00517. The number of amides is 2. The number of piperazine rings is 1. The molecule has 0 unspecified atom stereocenters. The van der Waals surface area contributed by atoms with Crippen molar-refractivity contribution in [1.29, 1.82) is 0 Å². The second kappa shape index (κ2) is 10.1. The molecule has 1 fully saturated rings. The zero-order valence-corrected chi connectivity index (χ0v) is 19.8. The van der Waals surface area contributed by atoms with Crippen LogP contribution in [0, 0.1) is 0 Å². The number of pyridine rings is 1. The molecule has 1 aliphatic heterocycles. The fourth-order valence-corrected chi connectivity index (χ4v) is 4.45. The van der Waals surface area contributed by atoms with Crippen molar-refractivity contribution >= 4 is 33.6 Å². The zero-order chi connectivity index (χ0) is 22.5. The monoisotopic (exact) mass is 457 g/mol. The Hall–Kier alpha value is -1.69. The number of thioether (sulfide) groups is 1. The van der Waals surface area contributed by atoms with Gasteiger partial charge >= 0.3 is 0 Å². The molecule has 0 aliphatic carbocycles. The first-order valence-electron chi connectivity index (χ1n) is 9.71. The maximum absolute atomic E-state index is 12.5. The van der Waals surface area contributed by atoms with Gasteiger partial charge in [-0.2, -0.15) is 0 Å². The number of carbonyl (C=O) groups is 2. The van der Waals surface area contributed by atoms with Crippen LogP contribution in [-0.2, 0) is 19.6 Å². The molecule has 2 rings (SSSR count). The van der Waals surface area contributed by atoms with Gasteiger partial charge in [0.25, 0.3) is 0 Å². The highest BCUT2D eigenvalue weighted by Gasteiger charge is 2.24. The van der Waals surface area contributed by atoms with E-state index in [2.05, 4.69) is 10.3 Å². The summed E-state index contributed by atoms with van der Waals surface area (Å²) in [6.07, 6.45) is 1.31. The maximum Gasteiger partial charge on any atom is 0.244 e. The van der Waals surface area contributed by atoms with Gasteiger partial charge in [0.15, 0.2) is 0 Å². The summed E-state index contributed by atoms with van der Waals surface area (Å²) in [6.45, 7) is 8.65. The molecule has 168 valence electrons. The topological polar surface area (TPSA) is 103 Å². The van der Waals surface area contributed by atoms with Gasteiger partial charge in [-0.15, -0.1) is 0 Å². The Morgan fingerprint density at radius 2 is 1.80 bits per heavy atom. The average Bonchev–Trinajstić information content (AvgIpc) is 2.65. The summed E-state index contributed by atoms with van der Waals surface area (Å²) in [7, 11) is -0.582. The summed E-state index contributed by atoms with van der Waals surface area (Å²) in [6, 6.07) is 3.11. The molecule has 0 spiro atoms.